The highest BCUT2D eigenvalue weighted by Gasteiger charge is 2.08. The zero-order chi connectivity index (χ0) is 12.1. The van der Waals surface area contributed by atoms with Crippen LogP contribution in [0.15, 0.2) is 41.1 Å². The molecule has 0 radical (unpaired) electrons. The molecule has 0 spiro atoms. The Kier molecular flexibility index (Phi) is 3.59. The van der Waals surface area contributed by atoms with Crippen LogP contribution in [0.2, 0.25) is 0 Å². The van der Waals surface area contributed by atoms with E-state index in [2.05, 4.69) is 11.8 Å². The van der Waals surface area contributed by atoms with E-state index >= 15 is 0 Å². The van der Waals surface area contributed by atoms with Gasteiger partial charge in [-0.1, -0.05) is 18.1 Å². The van der Waals surface area contributed by atoms with E-state index in [0.717, 1.165) is 5.56 Å². The Balaban J connectivity index is 2.26. The molecule has 0 aliphatic carbocycles. The van der Waals surface area contributed by atoms with Gasteiger partial charge < -0.3 is 4.74 Å². The van der Waals surface area contributed by atoms with E-state index in [4.69, 9.17) is 4.74 Å². The Morgan fingerprint density at radius 1 is 1.29 bits per heavy atom. The third kappa shape index (κ3) is 2.74. The van der Waals surface area contributed by atoms with Gasteiger partial charge in [-0.15, -0.1) is 0 Å². The second-order valence-corrected chi connectivity index (χ2v) is 4.07. The van der Waals surface area contributed by atoms with Crippen molar-refractivity contribution in [3.8, 4) is 17.6 Å². The van der Waals surface area contributed by atoms with E-state index in [-0.39, 0.29) is 5.78 Å². The van der Waals surface area contributed by atoms with Crippen LogP contribution in [0.25, 0.3) is 0 Å². The summed E-state index contributed by atoms with van der Waals surface area (Å²) < 4.78 is 5.12. The number of ether oxygens (including phenoxy) is 1. The Bertz CT molecular complexity index is 574. The summed E-state index contributed by atoms with van der Waals surface area (Å²) in [6, 6.07) is 8.96. The maximum atomic E-state index is 11.9. The lowest BCUT2D eigenvalue weighted by atomic mass is 10.1. The molecule has 0 saturated carbocycles. The zero-order valence-corrected chi connectivity index (χ0v) is 10.1. The summed E-state index contributed by atoms with van der Waals surface area (Å²) in [7, 11) is 1.54. The molecule has 0 fully saturated rings. The molecule has 0 unspecified atom stereocenters. The van der Waals surface area contributed by atoms with Crippen molar-refractivity contribution in [1.82, 2.24) is 0 Å². The summed E-state index contributed by atoms with van der Waals surface area (Å²) >= 11 is 1.56. The summed E-state index contributed by atoms with van der Waals surface area (Å²) in [6.45, 7) is 0. The number of rotatable bonds is 2. The van der Waals surface area contributed by atoms with Crippen molar-refractivity contribution in [1.29, 1.82) is 0 Å². The van der Waals surface area contributed by atoms with Gasteiger partial charge in [0, 0.05) is 10.9 Å². The highest BCUT2D eigenvalue weighted by atomic mass is 32.1. The molecule has 3 heteroatoms. The molecule has 0 aliphatic rings. The minimum absolute atomic E-state index is 0.228. The molecular formula is C14H10O2S. The van der Waals surface area contributed by atoms with Gasteiger partial charge >= 0.3 is 0 Å². The molecule has 2 nitrogen and oxygen atoms in total. The van der Waals surface area contributed by atoms with Crippen LogP contribution in [0.4, 0.5) is 0 Å². The highest BCUT2D eigenvalue weighted by Crippen LogP contribution is 2.17. The first-order valence-corrected chi connectivity index (χ1v) is 5.97. The topological polar surface area (TPSA) is 26.3 Å². The summed E-state index contributed by atoms with van der Waals surface area (Å²) in [5.74, 6) is 5.77. The fraction of sp³-hybridized carbons (Fsp3) is 0.0714. The molecule has 0 bridgehead atoms. The Morgan fingerprint density at radius 3 is 2.82 bits per heavy atom. The van der Waals surface area contributed by atoms with Crippen LogP contribution in [-0.4, -0.2) is 12.9 Å². The molecule has 17 heavy (non-hydrogen) atoms. The summed E-state index contributed by atoms with van der Waals surface area (Å²) in [4.78, 5) is 11.9. The number of carbonyl (C=O) groups is 1. The quantitative estimate of drug-likeness (QED) is 0.597. The van der Waals surface area contributed by atoms with Crippen molar-refractivity contribution in [2.45, 2.75) is 0 Å². The SMILES string of the molecule is COc1ccccc1C(=O)C#Cc1ccsc1. The minimum atomic E-state index is -0.228. The lowest BCUT2D eigenvalue weighted by Gasteiger charge is -2.02. The predicted molar refractivity (Wildman–Crippen MR) is 68.5 cm³/mol. The molecule has 1 aromatic heterocycles. The van der Waals surface area contributed by atoms with Gasteiger partial charge in [0.15, 0.2) is 0 Å². The second-order valence-electron chi connectivity index (χ2n) is 3.29. The lowest BCUT2D eigenvalue weighted by Crippen LogP contribution is -1.98. The van der Waals surface area contributed by atoms with Gasteiger partial charge in [-0.3, -0.25) is 4.79 Å². The van der Waals surface area contributed by atoms with Crippen LogP contribution in [0.3, 0.4) is 0 Å². The first-order chi connectivity index (χ1) is 8.31. The van der Waals surface area contributed by atoms with Crippen LogP contribution >= 0.6 is 11.3 Å². The van der Waals surface area contributed by atoms with Crippen LogP contribution in [0.5, 0.6) is 5.75 Å². The number of Topliss-reactive ketones (excluding diaryl/α,β-unsaturated/α-hetero) is 1. The van der Waals surface area contributed by atoms with Crippen LogP contribution in [0, 0.1) is 11.8 Å². The third-order valence-electron chi connectivity index (χ3n) is 2.19. The molecule has 84 valence electrons. The predicted octanol–water partition coefficient (Wildman–Crippen LogP) is 2.99. The molecule has 1 aromatic carbocycles. The molecule has 0 amide bonds. The van der Waals surface area contributed by atoms with Gasteiger partial charge in [0.1, 0.15) is 5.75 Å². The van der Waals surface area contributed by atoms with Gasteiger partial charge in [-0.25, -0.2) is 0 Å². The number of carbonyl (C=O) groups excluding carboxylic acids is 1. The average Bonchev–Trinajstić information content (AvgIpc) is 2.89. The molecule has 0 atom stereocenters. The van der Waals surface area contributed by atoms with Crippen LogP contribution in [0.1, 0.15) is 15.9 Å². The van der Waals surface area contributed by atoms with Crippen molar-refractivity contribution < 1.29 is 9.53 Å². The maximum absolute atomic E-state index is 11.9. The first-order valence-electron chi connectivity index (χ1n) is 5.03. The van der Waals surface area contributed by atoms with E-state index in [1.54, 1.807) is 36.6 Å². The van der Waals surface area contributed by atoms with Crippen molar-refractivity contribution in [2.75, 3.05) is 7.11 Å². The lowest BCUT2D eigenvalue weighted by molar-refractivity contribution is 0.105. The van der Waals surface area contributed by atoms with Gasteiger partial charge in [0.25, 0.3) is 0 Å². The van der Waals surface area contributed by atoms with Gasteiger partial charge in [-0.2, -0.15) is 11.3 Å². The fourth-order valence-corrected chi connectivity index (χ4v) is 1.95. The van der Waals surface area contributed by atoms with E-state index in [9.17, 15) is 4.79 Å². The van der Waals surface area contributed by atoms with Crippen molar-refractivity contribution in [2.24, 2.45) is 0 Å². The largest absolute Gasteiger partial charge is 0.496 e. The van der Waals surface area contributed by atoms with Crippen molar-refractivity contribution in [3.63, 3.8) is 0 Å². The molecule has 2 aromatic rings. The van der Waals surface area contributed by atoms with Crippen molar-refractivity contribution in [3.05, 3.63) is 52.2 Å². The zero-order valence-electron chi connectivity index (χ0n) is 9.27. The smallest absolute Gasteiger partial charge is 0.239 e. The maximum Gasteiger partial charge on any atom is 0.239 e. The minimum Gasteiger partial charge on any atom is -0.496 e. The Labute approximate surface area is 104 Å². The molecule has 1 heterocycles. The van der Waals surface area contributed by atoms with E-state index < -0.39 is 0 Å². The van der Waals surface area contributed by atoms with E-state index in [1.807, 2.05) is 22.9 Å². The highest BCUT2D eigenvalue weighted by molar-refractivity contribution is 7.08. The molecule has 0 N–H and O–H groups in total. The van der Waals surface area contributed by atoms with Gasteiger partial charge in [-0.05, 0) is 29.5 Å². The summed E-state index contributed by atoms with van der Waals surface area (Å²) in [6.07, 6.45) is 0. The number of benzene rings is 1. The van der Waals surface area contributed by atoms with Crippen molar-refractivity contribution >= 4 is 17.1 Å². The first kappa shape index (κ1) is 11.4. The fourth-order valence-electron chi connectivity index (χ4n) is 1.36. The second kappa shape index (κ2) is 5.33. The summed E-state index contributed by atoms with van der Waals surface area (Å²) in [5.41, 5.74) is 1.36. The summed E-state index contributed by atoms with van der Waals surface area (Å²) in [5, 5.41) is 3.83. The molecule has 0 aliphatic heterocycles. The normalized spacial score (nSPS) is 9.24. The number of para-hydroxylation sites is 1. The Hall–Kier alpha value is -2.05. The van der Waals surface area contributed by atoms with Crippen LogP contribution < -0.4 is 4.74 Å². The van der Waals surface area contributed by atoms with Gasteiger partial charge in [0.05, 0.1) is 12.7 Å². The number of hydrogen-bond acceptors (Lipinski definition) is 3. The number of hydrogen-bond donors (Lipinski definition) is 0. The standard InChI is InChI=1S/C14H10O2S/c1-16-14-5-3-2-4-12(14)13(15)7-6-11-8-9-17-10-11/h2-5,8-10H,1H3. The molecule has 2 rings (SSSR count). The van der Waals surface area contributed by atoms with Crippen LogP contribution in [-0.2, 0) is 0 Å². The number of thiophene rings is 1. The monoisotopic (exact) mass is 242 g/mol. The Morgan fingerprint density at radius 2 is 2.12 bits per heavy atom. The molecule has 0 saturated heterocycles. The van der Waals surface area contributed by atoms with E-state index in [1.165, 1.54) is 0 Å². The average molecular weight is 242 g/mol. The van der Waals surface area contributed by atoms with Gasteiger partial charge in [0.2, 0.25) is 5.78 Å². The third-order valence-corrected chi connectivity index (χ3v) is 2.88. The molecular weight excluding hydrogens is 232 g/mol. The number of methoxy groups -OCH3 is 1. The number of ketones is 1. The van der Waals surface area contributed by atoms with E-state index in [0.29, 0.717) is 11.3 Å².